The first-order valence-electron chi connectivity index (χ1n) is 6.93. The number of anilines is 1. The van der Waals surface area contributed by atoms with E-state index >= 15 is 0 Å². The van der Waals surface area contributed by atoms with Crippen LogP contribution in [0.25, 0.3) is 0 Å². The number of benzene rings is 1. The number of nitrogens with two attached hydrogens (primary N) is 1. The molecule has 1 aromatic carbocycles. The molecular formula is C15H24N2O3S. The van der Waals surface area contributed by atoms with Gasteiger partial charge in [-0.3, -0.25) is 4.79 Å². The maximum absolute atomic E-state index is 12.5. The number of hydrogen-bond acceptors (Lipinski definition) is 4. The Morgan fingerprint density at radius 1 is 1.38 bits per heavy atom. The van der Waals surface area contributed by atoms with Gasteiger partial charge in [0, 0.05) is 11.2 Å². The first-order chi connectivity index (χ1) is 9.51. The molecule has 0 aliphatic carbocycles. The molecule has 118 valence electrons. The van der Waals surface area contributed by atoms with Crippen LogP contribution in [0.5, 0.6) is 0 Å². The van der Waals surface area contributed by atoms with Gasteiger partial charge in [-0.05, 0) is 57.9 Å². The van der Waals surface area contributed by atoms with Crippen LogP contribution < -0.4 is 11.1 Å². The molecule has 1 amide bonds. The van der Waals surface area contributed by atoms with Crippen LogP contribution in [0, 0.1) is 6.92 Å². The SMILES string of the molecule is CCC(C)(C)NC(=O)C(C)S(=O)(=O)c1ccc(N)c(C)c1. The van der Waals surface area contributed by atoms with Crippen LogP contribution in [0.3, 0.4) is 0 Å². The standard InChI is InChI=1S/C15H24N2O3S/c1-6-15(4,5)17-14(18)11(3)21(19,20)12-7-8-13(16)10(2)9-12/h7-9,11H,6,16H2,1-5H3,(H,17,18). The van der Waals surface area contributed by atoms with Crippen molar-refractivity contribution in [3.63, 3.8) is 0 Å². The number of amides is 1. The predicted molar refractivity (Wildman–Crippen MR) is 84.8 cm³/mol. The number of hydrogen-bond donors (Lipinski definition) is 2. The molecule has 0 saturated heterocycles. The van der Waals surface area contributed by atoms with Crippen molar-refractivity contribution in [3.05, 3.63) is 23.8 Å². The lowest BCUT2D eigenvalue weighted by atomic mass is 10.0. The average Bonchev–Trinajstić information content (AvgIpc) is 2.40. The van der Waals surface area contributed by atoms with Crippen LogP contribution in [-0.2, 0) is 14.6 Å². The number of carbonyl (C=O) groups excluding carboxylic acids is 1. The van der Waals surface area contributed by atoms with Crippen molar-refractivity contribution in [3.8, 4) is 0 Å². The fourth-order valence-corrected chi connectivity index (χ4v) is 3.04. The van der Waals surface area contributed by atoms with Gasteiger partial charge in [-0.1, -0.05) is 6.92 Å². The maximum Gasteiger partial charge on any atom is 0.238 e. The quantitative estimate of drug-likeness (QED) is 0.814. The third kappa shape index (κ3) is 3.97. The van der Waals surface area contributed by atoms with Crippen LogP contribution in [0.1, 0.15) is 39.7 Å². The van der Waals surface area contributed by atoms with Crippen molar-refractivity contribution in [1.82, 2.24) is 5.32 Å². The second-order valence-corrected chi connectivity index (χ2v) is 8.20. The van der Waals surface area contributed by atoms with E-state index in [1.165, 1.54) is 19.1 Å². The van der Waals surface area contributed by atoms with Gasteiger partial charge in [-0.25, -0.2) is 8.42 Å². The number of carbonyl (C=O) groups is 1. The van der Waals surface area contributed by atoms with Crippen molar-refractivity contribution in [2.45, 2.75) is 56.7 Å². The minimum atomic E-state index is -3.73. The summed E-state index contributed by atoms with van der Waals surface area (Å²) in [6.07, 6.45) is 0.715. The number of sulfone groups is 1. The van der Waals surface area contributed by atoms with Crippen molar-refractivity contribution < 1.29 is 13.2 Å². The Morgan fingerprint density at radius 3 is 2.43 bits per heavy atom. The van der Waals surface area contributed by atoms with Crippen LogP contribution in [0.15, 0.2) is 23.1 Å². The maximum atomic E-state index is 12.5. The Bertz CT molecular complexity index is 636. The summed E-state index contributed by atoms with van der Waals surface area (Å²) in [5.74, 6) is -0.490. The number of nitrogen functional groups attached to an aromatic ring is 1. The van der Waals surface area contributed by atoms with E-state index in [4.69, 9.17) is 5.73 Å². The summed E-state index contributed by atoms with van der Waals surface area (Å²) < 4.78 is 25.0. The largest absolute Gasteiger partial charge is 0.399 e. The molecule has 0 heterocycles. The third-order valence-corrected chi connectivity index (χ3v) is 5.81. The molecule has 0 radical (unpaired) electrons. The molecule has 0 aromatic heterocycles. The summed E-state index contributed by atoms with van der Waals surface area (Å²) in [5.41, 5.74) is 6.47. The highest BCUT2D eigenvalue weighted by molar-refractivity contribution is 7.92. The lowest BCUT2D eigenvalue weighted by Crippen LogP contribution is -2.48. The minimum Gasteiger partial charge on any atom is -0.399 e. The summed E-state index contributed by atoms with van der Waals surface area (Å²) in [4.78, 5) is 12.3. The Balaban J connectivity index is 3.07. The lowest BCUT2D eigenvalue weighted by molar-refractivity contribution is -0.122. The first-order valence-corrected chi connectivity index (χ1v) is 8.48. The van der Waals surface area contributed by atoms with Crippen LogP contribution in [0.2, 0.25) is 0 Å². The zero-order valence-corrected chi connectivity index (χ0v) is 14.0. The zero-order valence-electron chi connectivity index (χ0n) is 13.2. The Morgan fingerprint density at radius 2 is 1.95 bits per heavy atom. The molecule has 0 aliphatic rings. The molecule has 1 rings (SSSR count). The van der Waals surface area contributed by atoms with E-state index in [0.717, 1.165) is 0 Å². The van der Waals surface area contributed by atoms with E-state index in [0.29, 0.717) is 17.7 Å². The van der Waals surface area contributed by atoms with Crippen LogP contribution in [0.4, 0.5) is 5.69 Å². The van der Waals surface area contributed by atoms with Gasteiger partial charge in [0.25, 0.3) is 0 Å². The van der Waals surface area contributed by atoms with Gasteiger partial charge in [0.1, 0.15) is 5.25 Å². The molecule has 21 heavy (non-hydrogen) atoms. The van der Waals surface area contributed by atoms with Crippen molar-refractivity contribution in [2.24, 2.45) is 0 Å². The Kier molecular flexibility index (Phi) is 5.04. The van der Waals surface area contributed by atoms with Gasteiger partial charge in [0.15, 0.2) is 9.84 Å². The molecule has 0 fully saturated rings. The molecule has 6 heteroatoms. The summed E-state index contributed by atoms with van der Waals surface area (Å²) in [5, 5.41) is 1.62. The van der Waals surface area contributed by atoms with Gasteiger partial charge >= 0.3 is 0 Å². The number of aryl methyl sites for hydroxylation is 1. The summed E-state index contributed by atoms with van der Waals surface area (Å²) >= 11 is 0. The fourth-order valence-electron chi connectivity index (χ4n) is 1.69. The Hall–Kier alpha value is -1.56. The van der Waals surface area contributed by atoms with Crippen molar-refractivity contribution >= 4 is 21.4 Å². The second kappa shape index (κ2) is 6.05. The average molecular weight is 312 g/mol. The molecule has 1 aromatic rings. The fraction of sp³-hybridized carbons (Fsp3) is 0.533. The molecule has 1 unspecified atom stereocenters. The monoisotopic (exact) mass is 312 g/mol. The third-order valence-electron chi connectivity index (χ3n) is 3.75. The summed E-state index contributed by atoms with van der Waals surface area (Å²) in [6, 6.07) is 4.48. The summed E-state index contributed by atoms with van der Waals surface area (Å²) in [6.45, 7) is 8.79. The molecule has 1 atom stereocenters. The highest BCUT2D eigenvalue weighted by Gasteiger charge is 2.32. The van der Waals surface area contributed by atoms with Gasteiger partial charge in [0.05, 0.1) is 4.90 Å². The minimum absolute atomic E-state index is 0.117. The van der Waals surface area contributed by atoms with Crippen LogP contribution in [-0.4, -0.2) is 25.1 Å². The molecule has 0 saturated carbocycles. The van der Waals surface area contributed by atoms with E-state index < -0.39 is 26.5 Å². The molecule has 5 nitrogen and oxygen atoms in total. The smallest absolute Gasteiger partial charge is 0.238 e. The van der Waals surface area contributed by atoms with Crippen molar-refractivity contribution in [1.29, 1.82) is 0 Å². The van der Waals surface area contributed by atoms with Gasteiger partial charge < -0.3 is 11.1 Å². The van der Waals surface area contributed by atoms with E-state index in [-0.39, 0.29) is 4.90 Å². The van der Waals surface area contributed by atoms with Gasteiger partial charge in [-0.2, -0.15) is 0 Å². The number of rotatable bonds is 5. The Labute approximate surface area is 126 Å². The molecule has 0 spiro atoms. The first kappa shape index (κ1) is 17.5. The molecule has 3 N–H and O–H groups in total. The predicted octanol–water partition coefficient (Wildman–Crippen LogP) is 2.04. The zero-order chi connectivity index (χ0) is 16.4. The van der Waals surface area contributed by atoms with E-state index in [1.54, 1.807) is 13.0 Å². The topological polar surface area (TPSA) is 89.3 Å². The van der Waals surface area contributed by atoms with E-state index in [9.17, 15) is 13.2 Å². The lowest BCUT2D eigenvalue weighted by Gasteiger charge is -2.26. The van der Waals surface area contributed by atoms with Crippen molar-refractivity contribution in [2.75, 3.05) is 5.73 Å². The normalized spacial score (nSPS) is 13.8. The molecule has 0 aliphatic heterocycles. The molecular weight excluding hydrogens is 288 g/mol. The van der Waals surface area contributed by atoms with E-state index in [2.05, 4.69) is 5.32 Å². The van der Waals surface area contributed by atoms with Crippen LogP contribution >= 0.6 is 0 Å². The van der Waals surface area contributed by atoms with Gasteiger partial charge in [0.2, 0.25) is 5.91 Å². The number of nitrogens with one attached hydrogen (secondary N) is 1. The molecule has 0 bridgehead atoms. The highest BCUT2D eigenvalue weighted by atomic mass is 32.2. The highest BCUT2D eigenvalue weighted by Crippen LogP contribution is 2.21. The van der Waals surface area contributed by atoms with E-state index in [1.807, 2.05) is 20.8 Å². The second-order valence-electron chi connectivity index (χ2n) is 5.93. The summed E-state index contributed by atoms with van der Waals surface area (Å²) in [7, 11) is -3.73. The van der Waals surface area contributed by atoms with Gasteiger partial charge in [-0.15, -0.1) is 0 Å².